The third-order valence-corrected chi connectivity index (χ3v) is 4.00. The highest BCUT2D eigenvalue weighted by Gasteiger charge is 2.23. The molecule has 0 aromatic heterocycles. The highest BCUT2D eigenvalue weighted by molar-refractivity contribution is 5.45. The summed E-state index contributed by atoms with van der Waals surface area (Å²) in [5.74, 6) is 1.71. The normalized spacial score (nSPS) is 27.5. The first-order valence-corrected chi connectivity index (χ1v) is 7.53. The largest absolute Gasteiger partial charge is 0.382 e. The van der Waals surface area contributed by atoms with Crippen molar-refractivity contribution in [2.24, 2.45) is 11.8 Å². The highest BCUT2D eigenvalue weighted by Crippen LogP contribution is 2.30. The zero-order chi connectivity index (χ0) is 13.8. The Morgan fingerprint density at radius 1 is 1.00 bits per heavy atom. The van der Waals surface area contributed by atoms with Crippen molar-refractivity contribution >= 4 is 5.69 Å². The third kappa shape index (κ3) is 4.54. The van der Waals surface area contributed by atoms with Crippen LogP contribution in [0.3, 0.4) is 0 Å². The van der Waals surface area contributed by atoms with Crippen LogP contribution in [-0.2, 0) is 6.54 Å². The van der Waals surface area contributed by atoms with E-state index in [1.807, 2.05) is 0 Å². The van der Waals surface area contributed by atoms with Crippen molar-refractivity contribution in [3.63, 3.8) is 0 Å². The van der Waals surface area contributed by atoms with Crippen LogP contribution < -0.4 is 5.32 Å². The number of rotatable bonds is 4. The summed E-state index contributed by atoms with van der Waals surface area (Å²) in [5, 5.41) is 3.71. The maximum atomic E-state index is 3.71. The van der Waals surface area contributed by atoms with Gasteiger partial charge in [-0.3, -0.25) is 0 Å². The fourth-order valence-electron chi connectivity index (χ4n) is 3.37. The molecular weight excluding hydrogens is 232 g/mol. The van der Waals surface area contributed by atoms with Crippen molar-refractivity contribution < 1.29 is 0 Å². The van der Waals surface area contributed by atoms with Gasteiger partial charge in [-0.15, -0.1) is 0 Å². The summed E-state index contributed by atoms with van der Waals surface area (Å²) >= 11 is 0. The number of hydrogen-bond acceptors (Lipinski definition) is 2. The van der Waals surface area contributed by atoms with E-state index in [0.29, 0.717) is 6.04 Å². The Bertz CT molecular complexity index is 373. The molecule has 1 N–H and O–H groups in total. The average molecular weight is 260 g/mol. The van der Waals surface area contributed by atoms with Crippen molar-refractivity contribution in [3.05, 3.63) is 29.8 Å². The fraction of sp³-hybridized carbons (Fsp3) is 0.647. The van der Waals surface area contributed by atoms with Crippen molar-refractivity contribution in [2.75, 3.05) is 19.4 Å². The SMILES string of the molecule is CC1CC(C)CC(Nc2ccc(CN(C)C)cc2)C1. The molecule has 1 aliphatic carbocycles. The molecule has 1 fully saturated rings. The summed E-state index contributed by atoms with van der Waals surface area (Å²) < 4.78 is 0. The van der Waals surface area contributed by atoms with E-state index in [1.165, 1.54) is 30.5 Å². The number of nitrogens with zero attached hydrogens (tertiary/aromatic N) is 1. The molecule has 1 aromatic rings. The number of nitrogens with one attached hydrogen (secondary N) is 1. The Morgan fingerprint density at radius 2 is 1.58 bits per heavy atom. The van der Waals surface area contributed by atoms with Crippen LogP contribution >= 0.6 is 0 Å². The summed E-state index contributed by atoms with van der Waals surface area (Å²) in [6.45, 7) is 5.77. The number of anilines is 1. The van der Waals surface area contributed by atoms with Gasteiger partial charge in [-0.1, -0.05) is 26.0 Å². The minimum absolute atomic E-state index is 0.651. The molecule has 2 rings (SSSR count). The van der Waals surface area contributed by atoms with E-state index in [-0.39, 0.29) is 0 Å². The maximum absolute atomic E-state index is 3.71. The molecule has 1 aliphatic rings. The summed E-state index contributed by atoms with van der Waals surface area (Å²) in [7, 11) is 4.22. The van der Waals surface area contributed by atoms with Crippen LogP contribution in [0.4, 0.5) is 5.69 Å². The first-order chi connectivity index (χ1) is 9.02. The number of hydrogen-bond donors (Lipinski definition) is 1. The lowest BCUT2D eigenvalue weighted by atomic mass is 9.80. The monoisotopic (exact) mass is 260 g/mol. The van der Waals surface area contributed by atoms with E-state index in [2.05, 4.69) is 62.4 Å². The molecule has 1 saturated carbocycles. The molecule has 0 radical (unpaired) electrons. The van der Waals surface area contributed by atoms with Crippen molar-refractivity contribution in [1.29, 1.82) is 0 Å². The highest BCUT2D eigenvalue weighted by atomic mass is 15.0. The molecule has 2 nitrogen and oxygen atoms in total. The van der Waals surface area contributed by atoms with E-state index in [9.17, 15) is 0 Å². The molecule has 2 heteroatoms. The predicted molar refractivity (Wildman–Crippen MR) is 83.4 cm³/mol. The molecule has 0 amide bonds. The Labute approximate surface area is 118 Å². The second kappa shape index (κ2) is 6.42. The molecule has 0 saturated heterocycles. The van der Waals surface area contributed by atoms with Gasteiger partial charge in [0.2, 0.25) is 0 Å². The summed E-state index contributed by atoms with van der Waals surface area (Å²) in [6, 6.07) is 9.57. The van der Waals surface area contributed by atoms with Crippen LogP contribution in [0.5, 0.6) is 0 Å². The van der Waals surface area contributed by atoms with Crippen LogP contribution in [0.1, 0.15) is 38.7 Å². The van der Waals surface area contributed by atoms with Crippen LogP contribution in [0.2, 0.25) is 0 Å². The van der Waals surface area contributed by atoms with Crippen molar-refractivity contribution in [3.8, 4) is 0 Å². The zero-order valence-corrected chi connectivity index (χ0v) is 12.8. The number of benzene rings is 1. The summed E-state index contributed by atoms with van der Waals surface area (Å²) in [6.07, 6.45) is 4.01. The maximum Gasteiger partial charge on any atom is 0.0342 e. The lowest BCUT2D eigenvalue weighted by Crippen LogP contribution is -2.30. The Morgan fingerprint density at radius 3 is 2.11 bits per heavy atom. The Kier molecular flexibility index (Phi) is 4.87. The van der Waals surface area contributed by atoms with Crippen molar-refractivity contribution in [1.82, 2.24) is 4.90 Å². The minimum Gasteiger partial charge on any atom is -0.382 e. The molecule has 2 unspecified atom stereocenters. The van der Waals surface area contributed by atoms with Gasteiger partial charge in [0.25, 0.3) is 0 Å². The third-order valence-electron chi connectivity index (χ3n) is 4.00. The molecule has 0 bridgehead atoms. The van der Waals surface area contributed by atoms with Crippen LogP contribution in [0, 0.1) is 11.8 Å². The molecule has 0 aliphatic heterocycles. The predicted octanol–water partition coefficient (Wildman–Crippen LogP) is 3.98. The molecule has 19 heavy (non-hydrogen) atoms. The molecule has 0 spiro atoms. The van der Waals surface area contributed by atoms with E-state index in [4.69, 9.17) is 0 Å². The lowest BCUT2D eigenvalue weighted by molar-refractivity contribution is 0.281. The lowest BCUT2D eigenvalue weighted by Gasteiger charge is -2.32. The van der Waals surface area contributed by atoms with Gasteiger partial charge in [0.1, 0.15) is 0 Å². The Balaban J connectivity index is 1.92. The van der Waals surface area contributed by atoms with E-state index >= 15 is 0 Å². The zero-order valence-electron chi connectivity index (χ0n) is 12.8. The van der Waals surface area contributed by atoms with Gasteiger partial charge in [0.05, 0.1) is 0 Å². The van der Waals surface area contributed by atoms with Crippen LogP contribution in [-0.4, -0.2) is 25.0 Å². The average Bonchev–Trinajstić information content (AvgIpc) is 2.29. The van der Waals surface area contributed by atoms with Gasteiger partial charge < -0.3 is 10.2 Å². The summed E-state index contributed by atoms with van der Waals surface area (Å²) in [4.78, 5) is 2.20. The van der Waals surface area contributed by atoms with Gasteiger partial charge in [-0.05, 0) is 62.9 Å². The second-order valence-electron chi connectivity index (χ2n) is 6.69. The van der Waals surface area contributed by atoms with Gasteiger partial charge >= 0.3 is 0 Å². The van der Waals surface area contributed by atoms with Gasteiger partial charge in [-0.2, -0.15) is 0 Å². The molecule has 2 atom stereocenters. The van der Waals surface area contributed by atoms with Gasteiger partial charge in [-0.25, -0.2) is 0 Å². The van der Waals surface area contributed by atoms with E-state index in [0.717, 1.165) is 18.4 Å². The van der Waals surface area contributed by atoms with Gasteiger partial charge in [0.15, 0.2) is 0 Å². The van der Waals surface area contributed by atoms with E-state index < -0.39 is 0 Å². The van der Waals surface area contributed by atoms with Gasteiger partial charge in [0, 0.05) is 18.3 Å². The fourth-order valence-corrected chi connectivity index (χ4v) is 3.37. The Hall–Kier alpha value is -1.02. The van der Waals surface area contributed by atoms with Crippen LogP contribution in [0.15, 0.2) is 24.3 Å². The smallest absolute Gasteiger partial charge is 0.0342 e. The molecular formula is C17H28N2. The minimum atomic E-state index is 0.651. The second-order valence-corrected chi connectivity index (χ2v) is 6.69. The topological polar surface area (TPSA) is 15.3 Å². The summed E-state index contributed by atoms with van der Waals surface area (Å²) in [5.41, 5.74) is 2.65. The molecule has 0 heterocycles. The van der Waals surface area contributed by atoms with Crippen LogP contribution in [0.25, 0.3) is 0 Å². The molecule has 106 valence electrons. The standard InChI is InChI=1S/C17H28N2/c1-13-9-14(2)11-17(10-13)18-16-7-5-15(6-8-16)12-19(3)4/h5-8,13-14,17-18H,9-12H2,1-4H3. The quantitative estimate of drug-likeness (QED) is 0.880. The molecule has 1 aromatic carbocycles. The van der Waals surface area contributed by atoms with E-state index in [1.54, 1.807) is 0 Å². The first kappa shape index (κ1) is 14.4. The first-order valence-electron chi connectivity index (χ1n) is 7.53. The van der Waals surface area contributed by atoms with Crippen molar-refractivity contribution in [2.45, 2.75) is 45.7 Å².